The molecule has 17 heavy (non-hydrogen) atoms. The maximum absolute atomic E-state index is 11.7. The average Bonchev–Trinajstić information content (AvgIpc) is 2.20. The number of carbonyl (C=O) groups excluding carboxylic acids is 1. The molecule has 0 fully saturated rings. The minimum atomic E-state index is -0.975. The van der Waals surface area contributed by atoms with Gasteiger partial charge in [0.05, 0.1) is 21.3 Å². The second-order valence-electron chi connectivity index (χ2n) is 4.35. The predicted molar refractivity (Wildman–Crippen MR) is 69.5 cm³/mol. The van der Waals surface area contributed by atoms with Gasteiger partial charge < -0.3 is 16.2 Å². The predicted octanol–water partition coefficient (Wildman–Crippen LogP) is 2.08. The van der Waals surface area contributed by atoms with Crippen LogP contribution in [0.4, 0.5) is 5.69 Å². The van der Waals surface area contributed by atoms with Crippen LogP contribution >= 0.6 is 23.2 Å². The lowest BCUT2D eigenvalue weighted by atomic mass is 10.1. The molecule has 0 aliphatic carbocycles. The lowest BCUT2D eigenvalue weighted by molar-refractivity contribution is 0.0694. The van der Waals surface area contributed by atoms with E-state index in [1.165, 1.54) is 12.1 Å². The van der Waals surface area contributed by atoms with Gasteiger partial charge in [-0.05, 0) is 26.0 Å². The third-order valence-corrected chi connectivity index (χ3v) is 2.65. The highest BCUT2D eigenvalue weighted by molar-refractivity contribution is 6.39. The molecular weight excluding hydrogens is 263 g/mol. The summed E-state index contributed by atoms with van der Waals surface area (Å²) in [7, 11) is 0. The third kappa shape index (κ3) is 4.07. The van der Waals surface area contributed by atoms with Gasteiger partial charge in [0, 0.05) is 12.1 Å². The van der Waals surface area contributed by atoms with Crippen LogP contribution in [0.2, 0.25) is 10.0 Å². The van der Waals surface area contributed by atoms with Crippen LogP contribution in [0.3, 0.4) is 0 Å². The summed E-state index contributed by atoms with van der Waals surface area (Å²) in [6, 6.07) is 2.87. The van der Waals surface area contributed by atoms with Crippen LogP contribution in [0.25, 0.3) is 0 Å². The van der Waals surface area contributed by atoms with Crippen molar-refractivity contribution < 1.29 is 9.90 Å². The van der Waals surface area contributed by atoms with Crippen molar-refractivity contribution in [2.75, 3.05) is 12.3 Å². The lowest BCUT2D eigenvalue weighted by Crippen LogP contribution is -2.38. The fourth-order valence-electron chi connectivity index (χ4n) is 1.11. The molecule has 0 aromatic heterocycles. The zero-order valence-corrected chi connectivity index (χ0v) is 11.1. The smallest absolute Gasteiger partial charge is 0.251 e. The summed E-state index contributed by atoms with van der Waals surface area (Å²) < 4.78 is 0. The molecule has 0 aliphatic heterocycles. The van der Waals surface area contributed by atoms with Gasteiger partial charge in [0.15, 0.2) is 0 Å². The number of aliphatic hydroxyl groups is 1. The van der Waals surface area contributed by atoms with Crippen molar-refractivity contribution in [3.05, 3.63) is 27.7 Å². The topological polar surface area (TPSA) is 75.3 Å². The first-order chi connectivity index (χ1) is 7.70. The number of nitrogens with two attached hydrogens (primary N) is 1. The Bertz CT molecular complexity index is 419. The van der Waals surface area contributed by atoms with Gasteiger partial charge in [0.2, 0.25) is 0 Å². The summed E-state index contributed by atoms with van der Waals surface area (Å²) in [5.41, 5.74) is 5.13. The van der Waals surface area contributed by atoms with E-state index >= 15 is 0 Å². The molecule has 1 amide bonds. The molecular formula is C11H14Cl2N2O2. The first-order valence-corrected chi connectivity index (χ1v) is 5.71. The summed E-state index contributed by atoms with van der Waals surface area (Å²) in [6.07, 6.45) is 0. The average molecular weight is 277 g/mol. The molecule has 0 saturated heterocycles. The highest BCUT2D eigenvalue weighted by atomic mass is 35.5. The molecule has 0 atom stereocenters. The van der Waals surface area contributed by atoms with E-state index in [4.69, 9.17) is 28.9 Å². The molecule has 94 valence electrons. The van der Waals surface area contributed by atoms with E-state index in [-0.39, 0.29) is 28.2 Å². The van der Waals surface area contributed by atoms with Crippen LogP contribution in [0, 0.1) is 0 Å². The van der Waals surface area contributed by atoms with Crippen LogP contribution < -0.4 is 11.1 Å². The molecule has 6 heteroatoms. The maximum Gasteiger partial charge on any atom is 0.251 e. The van der Waals surface area contributed by atoms with E-state index in [1.54, 1.807) is 13.8 Å². The Kier molecular flexibility index (Phi) is 4.25. The Labute approximate surface area is 110 Å². The van der Waals surface area contributed by atoms with Gasteiger partial charge in [-0.25, -0.2) is 0 Å². The van der Waals surface area contributed by atoms with Crippen molar-refractivity contribution >= 4 is 34.8 Å². The maximum atomic E-state index is 11.7. The first-order valence-electron chi connectivity index (χ1n) is 4.96. The zero-order valence-electron chi connectivity index (χ0n) is 9.55. The van der Waals surface area contributed by atoms with Crippen molar-refractivity contribution in [1.82, 2.24) is 5.32 Å². The van der Waals surface area contributed by atoms with Gasteiger partial charge in [-0.15, -0.1) is 0 Å². The largest absolute Gasteiger partial charge is 0.396 e. The third-order valence-electron chi connectivity index (χ3n) is 2.02. The van der Waals surface area contributed by atoms with Gasteiger partial charge in [0.1, 0.15) is 0 Å². The molecule has 0 radical (unpaired) electrons. The second kappa shape index (κ2) is 5.12. The first kappa shape index (κ1) is 14.1. The van der Waals surface area contributed by atoms with Crippen LogP contribution in [0.15, 0.2) is 12.1 Å². The van der Waals surface area contributed by atoms with Gasteiger partial charge in [-0.1, -0.05) is 23.2 Å². The number of nitrogens with one attached hydrogen (secondary N) is 1. The highest BCUT2D eigenvalue weighted by Gasteiger charge is 2.16. The normalized spacial score (nSPS) is 11.4. The number of benzene rings is 1. The minimum absolute atomic E-state index is 0.130. The lowest BCUT2D eigenvalue weighted by Gasteiger charge is -2.17. The van der Waals surface area contributed by atoms with E-state index in [1.807, 2.05) is 0 Å². The van der Waals surface area contributed by atoms with E-state index < -0.39 is 5.60 Å². The van der Waals surface area contributed by atoms with E-state index in [0.717, 1.165) is 0 Å². The molecule has 0 heterocycles. The van der Waals surface area contributed by atoms with Crippen LogP contribution in [0.5, 0.6) is 0 Å². The molecule has 0 bridgehead atoms. The van der Waals surface area contributed by atoms with Crippen molar-refractivity contribution in [3.8, 4) is 0 Å². The number of amides is 1. The summed E-state index contributed by atoms with van der Waals surface area (Å²) in [5, 5.41) is 12.5. The summed E-state index contributed by atoms with van der Waals surface area (Å²) in [5.74, 6) is -0.365. The van der Waals surface area contributed by atoms with E-state index in [9.17, 15) is 9.90 Å². The van der Waals surface area contributed by atoms with Gasteiger partial charge in [-0.3, -0.25) is 4.79 Å². The Hall–Kier alpha value is -0.970. The van der Waals surface area contributed by atoms with Crippen LogP contribution in [0.1, 0.15) is 24.2 Å². The van der Waals surface area contributed by atoms with Crippen molar-refractivity contribution in [3.63, 3.8) is 0 Å². The van der Waals surface area contributed by atoms with Crippen molar-refractivity contribution in [2.45, 2.75) is 19.4 Å². The summed E-state index contributed by atoms with van der Waals surface area (Å²) in [6.45, 7) is 3.32. The zero-order chi connectivity index (χ0) is 13.2. The Balaban J connectivity index is 2.84. The minimum Gasteiger partial charge on any atom is -0.396 e. The van der Waals surface area contributed by atoms with Crippen LogP contribution in [-0.2, 0) is 0 Å². The number of nitrogen functional groups attached to an aromatic ring is 1. The number of carbonyl (C=O) groups is 1. The van der Waals surface area contributed by atoms with E-state index in [0.29, 0.717) is 5.56 Å². The second-order valence-corrected chi connectivity index (χ2v) is 5.16. The number of halogens is 2. The van der Waals surface area contributed by atoms with Gasteiger partial charge in [-0.2, -0.15) is 0 Å². The number of anilines is 1. The number of hydrogen-bond acceptors (Lipinski definition) is 3. The quantitative estimate of drug-likeness (QED) is 0.740. The fraction of sp³-hybridized carbons (Fsp3) is 0.364. The standard InChI is InChI=1S/C11H14Cl2N2O2/c1-11(2,17)5-15-10(16)6-3-7(12)9(14)8(13)4-6/h3-4,17H,5,14H2,1-2H3,(H,15,16). The number of rotatable bonds is 3. The molecule has 0 unspecified atom stereocenters. The monoisotopic (exact) mass is 276 g/mol. The SMILES string of the molecule is CC(C)(O)CNC(=O)c1cc(Cl)c(N)c(Cl)c1. The molecule has 0 spiro atoms. The molecule has 4 N–H and O–H groups in total. The summed E-state index contributed by atoms with van der Waals surface area (Å²) in [4.78, 5) is 11.7. The van der Waals surface area contributed by atoms with E-state index in [2.05, 4.69) is 5.32 Å². The highest BCUT2D eigenvalue weighted by Crippen LogP contribution is 2.28. The Morgan fingerprint density at radius 2 is 1.88 bits per heavy atom. The summed E-state index contributed by atoms with van der Waals surface area (Å²) >= 11 is 11.6. The fourth-order valence-corrected chi connectivity index (χ4v) is 1.60. The number of hydrogen-bond donors (Lipinski definition) is 3. The molecule has 1 aromatic carbocycles. The van der Waals surface area contributed by atoms with Crippen molar-refractivity contribution in [1.29, 1.82) is 0 Å². The Morgan fingerprint density at radius 3 is 2.29 bits per heavy atom. The van der Waals surface area contributed by atoms with Crippen molar-refractivity contribution in [2.24, 2.45) is 0 Å². The molecule has 1 aromatic rings. The van der Waals surface area contributed by atoms with Crippen LogP contribution in [-0.4, -0.2) is 23.2 Å². The van der Waals surface area contributed by atoms with Gasteiger partial charge >= 0.3 is 0 Å². The van der Waals surface area contributed by atoms with Gasteiger partial charge in [0.25, 0.3) is 5.91 Å². The Morgan fingerprint density at radius 1 is 1.41 bits per heavy atom. The molecule has 0 saturated carbocycles. The molecule has 4 nitrogen and oxygen atoms in total. The molecule has 1 rings (SSSR count). The molecule has 0 aliphatic rings.